The molecule has 3 rings (SSSR count). The number of nitrogens with zero attached hydrogens (tertiary/aromatic N) is 3. The van der Waals surface area contributed by atoms with Crippen LogP contribution in [0.4, 0.5) is 5.95 Å². The highest BCUT2D eigenvalue weighted by Gasteiger charge is 2.19. The van der Waals surface area contributed by atoms with Gasteiger partial charge in [-0.2, -0.15) is 0 Å². The van der Waals surface area contributed by atoms with Crippen molar-refractivity contribution >= 4 is 37.5 Å². The Kier molecular flexibility index (Phi) is 5.00. The van der Waals surface area contributed by atoms with Gasteiger partial charge in [0.1, 0.15) is 5.75 Å². The van der Waals surface area contributed by atoms with Crippen LogP contribution in [0.3, 0.4) is 0 Å². The number of nitrogens with one attached hydrogen (secondary N) is 1. The fourth-order valence-electron chi connectivity index (χ4n) is 2.94. The molecule has 0 spiro atoms. The SMILES string of the molecule is CS(=O)(=O)Nc1nnc2cc(OC[C@H]3CC[C@H](C)CC3)c(Br)cn12. The molecular weight excluding hydrogens is 396 g/mol. The van der Waals surface area contributed by atoms with E-state index >= 15 is 0 Å². The van der Waals surface area contributed by atoms with Crippen molar-refractivity contribution in [3.8, 4) is 5.75 Å². The molecule has 2 aromatic rings. The Morgan fingerprint density at radius 2 is 2.04 bits per heavy atom. The van der Waals surface area contributed by atoms with Gasteiger partial charge in [-0.1, -0.05) is 19.8 Å². The molecule has 1 N–H and O–H groups in total. The Hall–Kier alpha value is -1.35. The molecule has 1 fully saturated rings. The molecule has 0 saturated heterocycles. The lowest BCUT2D eigenvalue weighted by Crippen LogP contribution is -2.19. The van der Waals surface area contributed by atoms with E-state index in [0.717, 1.165) is 16.6 Å². The second kappa shape index (κ2) is 6.87. The smallest absolute Gasteiger partial charge is 0.242 e. The van der Waals surface area contributed by atoms with Crippen molar-refractivity contribution < 1.29 is 13.2 Å². The molecule has 1 aliphatic carbocycles. The molecule has 0 unspecified atom stereocenters. The second-order valence-corrected chi connectivity index (χ2v) is 9.15. The summed E-state index contributed by atoms with van der Waals surface area (Å²) in [5.41, 5.74) is 0.525. The molecule has 0 radical (unpaired) electrons. The number of hydrogen-bond donors (Lipinski definition) is 1. The lowest BCUT2D eigenvalue weighted by atomic mass is 9.83. The van der Waals surface area contributed by atoms with Crippen molar-refractivity contribution in [2.24, 2.45) is 11.8 Å². The van der Waals surface area contributed by atoms with Gasteiger partial charge in [-0.25, -0.2) is 8.42 Å². The minimum absolute atomic E-state index is 0.154. The number of pyridine rings is 1. The van der Waals surface area contributed by atoms with E-state index in [1.54, 1.807) is 16.7 Å². The van der Waals surface area contributed by atoms with Gasteiger partial charge in [0.05, 0.1) is 17.3 Å². The van der Waals surface area contributed by atoms with Crippen LogP contribution in [0.1, 0.15) is 32.6 Å². The standard InChI is InChI=1S/C15H21BrN4O3S/c1-10-3-5-11(6-4-10)9-23-13-7-14-17-18-15(19-24(2,21)22)20(14)8-12(13)16/h7-8,10-11H,3-6,9H2,1-2H3,(H,18,19)/t10-,11-. The van der Waals surface area contributed by atoms with Crippen LogP contribution in [0.2, 0.25) is 0 Å². The molecule has 1 aliphatic rings. The van der Waals surface area contributed by atoms with Gasteiger partial charge in [-0.15, -0.1) is 10.2 Å². The largest absolute Gasteiger partial charge is 0.492 e. The third-order valence-corrected chi connectivity index (χ3v) is 5.50. The lowest BCUT2D eigenvalue weighted by molar-refractivity contribution is 0.187. The molecule has 2 heterocycles. The molecule has 0 bridgehead atoms. The maximum Gasteiger partial charge on any atom is 0.242 e. The van der Waals surface area contributed by atoms with E-state index in [-0.39, 0.29) is 5.95 Å². The minimum Gasteiger partial charge on any atom is -0.492 e. The number of aromatic nitrogens is 3. The second-order valence-electron chi connectivity index (χ2n) is 6.55. The maximum absolute atomic E-state index is 11.4. The Morgan fingerprint density at radius 1 is 1.33 bits per heavy atom. The van der Waals surface area contributed by atoms with E-state index in [0.29, 0.717) is 23.9 Å². The van der Waals surface area contributed by atoms with Crippen molar-refractivity contribution in [1.29, 1.82) is 0 Å². The normalized spacial score (nSPS) is 21.8. The summed E-state index contributed by atoms with van der Waals surface area (Å²) in [6.07, 6.45) is 7.72. The highest BCUT2D eigenvalue weighted by Crippen LogP contribution is 2.31. The maximum atomic E-state index is 11.4. The summed E-state index contributed by atoms with van der Waals surface area (Å²) >= 11 is 3.47. The fraction of sp³-hybridized carbons (Fsp3) is 0.600. The van der Waals surface area contributed by atoms with Crippen LogP contribution in [0, 0.1) is 11.8 Å². The fourth-order valence-corrected chi connectivity index (χ4v) is 3.85. The molecule has 0 aromatic carbocycles. The van der Waals surface area contributed by atoms with Gasteiger partial charge >= 0.3 is 0 Å². The molecule has 9 heteroatoms. The van der Waals surface area contributed by atoms with Crippen LogP contribution in [-0.4, -0.2) is 35.9 Å². The Morgan fingerprint density at radius 3 is 2.71 bits per heavy atom. The number of ether oxygens (including phenoxy) is 1. The zero-order chi connectivity index (χ0) is 17.3. The Labute approximate surface area is 150 Å². The summed E-state index contributed by atoms with van der Waals surface area (Å²) in [7, 11) is -3.41. The predicted molar refractivity (Wildman–Crippen MR) is 95.8 cm³/mol. The number of sulfonamides is 1. The third-order valence-electron chi connectivity index (χ3n) is 4.35. The van der Waals surface area contributed by atoms with Crippen molar-refractivity contribution in [3.05, 3.63) is 16.7 Å². The summed E-state index contributed by atoms with van der Waals surface area (Å²) in [5.74, 6) is 2.26. The first-order valence-corrected chi connectivity index (χ1v) is 10.6. The number of halogens is 1. The molecule has 7 nitrogen and oxygen atoms in total. The monoisotopic (exact) mass is 416 g/mol. The van der Waals surface area contributed by atoms with Crippen molar-refractivity contribution in [2.75, 3.05) is 17.6 Å². The van der Waals surface area contributed by atoms with E-state index in [1.165, 1.54) is 25.7 Å². The first kappa shape index (κ1) is 17.5. The summed E-state index contributed by atoms with van der Waals surface area (Å²) in [6, 6.07) is 1.76. The molecule has 132 valence electrons. The molecular formula is C15H21BrN4O3S. The van der Waals surface area contributed by atoms with Gasteiger partial charge in [0.15, 0.2) is 5.65 Å². The summed E-state index contributed by atoms with van der Waals surface area (Å²) < 4.78 is 33.3. The zero-order valence-electron chi connectivity index (χ0n) is 13.7. The summed E-state index contributed by atoms with van der Waals surface area (Å²) in [6.45, 7) is 2.99. The van der Waals surface area contributed by atoms with Gasteiger partial charge in [0, 0.05) is 12.3 Å². The van der Waals surface area contributed by atoms with Crippen LogP contribution in [0.15, 0.2) is 16.7 Å². The van der Waals surface area contributed by atoms with E-state index in [2.05, 4.69) is 37.8 Å². The molecule has 2 aromatic heterocycles. The molecule has 1 saturated carbocycles. The van der Waals surface area contributed by atoms with Crippen molar-refractivity contribution in [2.45, 2.75) is 32.6 Å². The van der Waals surface area contributed by atoms with E-state index in [4.69, 9.17) is 4.74 Å². The third kappa shape index (κ3) is 4.18. The van der Waals surface area contributed by atoms with Gasteiger partial charge in [-0.3, -0.25) is 9.12 Å². The first-order chi connectivity index (χ1) is 11.3. The van der Waals surface area contributed by atoms with Crippen LogP contribution in [-0.2, 0) is 10.0 Å². The number of hydrogen-bond acceptors (Lipinski definition) is 5. The molecule has 0 atom stereocenters. The molecule has 0 amide bonds. The Balaban J connectivity index is 1.74. The molecule has 24 heavy (non-hydrogen) atoms. The van der Waals surface area contributed by atoms with Crippen LogP contribution in [0.25, 0.3) is 5.65 Å². The number of fused-ring (bicyclic) bond motifs is 1. The predicted octanol–water partition coefficient (Wildman–Crippen LogP) is 3.07. The van der Waals surface area contributed by atoms with Crippen LogP contribution in [0.5, 0.6) is 5.75 Å². The number of rotatable bonds is 5. The van der Waals surface area contributed by atoms with Crippen molar-refractivity contribution in [3.63, 3.8) is 0 Å². The highest BCUT2D eigenvalue weighted by molar-refractivity contribution is 9.10. The number of anilines is 1. The topological polar surface area (TPSA) is 85.6 Å². The summed E-state index contributed by atoms with van der Waals surface area (Å²) in [4.78, 5) is 0. The average Bonchev–Trinajstić information content (AvgIpc) is 2.87. The van der Waals surface area contributed by atoms with E-state index < -0.39 is 10.0 Å². The van der Waals surface area contributed by atoms with Crippen LogP contribution < -0.4 is 9.46 Å². The molecule has 0 aliphatic heterocycles. The Bertz CT molecular complexity index is 829. The summed E-state index contributed by atoms with van der Waals surface area (Å²) in [5, 5.41) is 7.86. The first-order valence-electron chi connectivity index (χ1n) is 7.96. The van der Waals surface area contributed by atoms with E-state index in [9.17, 15) is 8.42 Å². The average molecular weight is 417 g/mol. The van der Waals surface area contributed by atoms with Gasteiger partial charge in [-0.05, 0) is 40.6 Å². The van der Waals surface area contributed by atoms with Gasteiger partial charge in [0.2, 0.25) is 16.0 Å². The highest BCUT2D eigenvalue weighted by atomic mass is 79.9. The minimum atomic E-state index is -3.41. The van der Waals surface area contributed by atoms with Gasteiger partial charge < -0.3 is 4.74 Å². The van der Waals surface area contributed by atoms with Crippen LogP contribution >= 0.6 is 15.9 Å². The van der Waals surface area contributed by atoms with E-state index in [1.807, 2.05) is 0 Å². The van der Waals surface area contributed by atoms with Gasteiger partial charge in [0.25, 0.3) is 0 Å². The lowest BCUT2D eigenvalue weighted by Gasteiger charge is -2.26. The van der Waals surface area contributed by atoms with Crippen molar-refractivity contribution in [1.82, 2.24) is 14.6 Å². The zero-order valence-corrected chi connectivity index (χ0v) is 16.1. The quantitative estimate of drug-likeness (QED) is 0.808.